The molecular formula is C14H11NO3. The van der Waals surface area contributed by atoms with Gasteiger partial charge in [0.1, 0.15) is 0 Å². The number of fused-ring (bicyclic) bond motifs is 1. The number of nitrogens with two attached hydrogens (primary N) is 1. The molecule has 3 rings (SSSR count). The van der Waals surface area contributed by atoms with Crippen molar-refractivity contribution in [1.29, 1.82) is 0 Å². The molecule has 0 atom stereocenters. The monoisotopic (exact) mass is 241 g/mol. The highest BCUT2D eigenvalue weighted by Gasteiger charge is 2.18. The van der Waals surface area contributed by atoms with Gasteiger partial charge in [0.05, 0.1) is 0 Å². The van der Waals surface area contributed by atoms with Crippen LogP contribution in [-0.4, -0.2) is 12.6 Å². The van der Waals surface area contributed by atoms with Gasteiger partial charge in [-0.05, 0) is 30.3 Å². The van der Waals surface area contributed by atoms with Crippen molar-refractivity contribution in [2.45, 2.75) is 0 Å². The van der Waals surface area contributed by atoms with Crippen molar-refractivity contribution in [1.82, 2.24) is 0 Å². The molecular weight excluding hydrogens is 230 g/mol. The zero-order chi connectivity index (χ0) is 12.5. The number of carbonyl (C=O) groups is 1. The Morgan fingerprint density at radius 2 is 1.83 bits per heavy atom. The summed E-state index contributed by atoms with van der Waals surface area (Å²) in [5.41, 5.74) is 7.30. The molecule has 0 saturated heterocycles. The topological polar surface area (TPSA) is 61.6 Å². The van der Waals surface area contributed by atoms with E-state index in [9.17, 15) is 4.79 Å². The van der Waals surface area contributed by atoms with Crippen molar-refractivity contribution in [3.05, 3.63) is 53.6 Å². The average molecular weight is 241 g/mol. The second kappa shape index (κ2) is 4.07. The van der Waals surface area contributed by atoms with Crippen LogP contribution >= 0.6 is 0 Å². The summed E-state index contributed by atoms with van der Waals surface area (Å²) in [5, 5.41) is 0. The largest absolute Gasteiger partial charge is 0.454 e. The molecule has 0 saturated carbocycles. The van der Waals surface area contributed by atoms with E-state index in [-0.39, 0.29) is 12.6 Å². The number of hydrogen-bond acceptors (Lipinski definition) is 4. The second-order valence-electron chi connectivity index (χ2n) is 3.98. The first-order valence-corrected chi connectivity index (χ1v) is 5.54. The van der Waals surface area contributed by atoms with Crippen molar-refractivity contribution in [3.8, 4) is 11.5 Å². The number of nitrogen functional groups attached to an aromatic ring is 1. The maximum absolute atomic E-state index is 12.3. The summed E-state index contributed by atoms with van der Waals surface area (Å²) in [7, 11) is 0. The van der Waals surface area contributed by atoms with Gasteiger partial charge in [0.15, 0.2) is 17.3 Å². The first kappa shape index (κ1) is 10.7. The molecule has 4 heteroatoms. The summed E-state index contributed by atoms with van der Waals surface area (Å²) in [6, 6.07) is 12.1. The normalized spacial score (nSPS) is 12.4. The lowest BCUT2D eigenvalue weighted by atomic mass is 10.0. The SMILES string of the molecule is Nc1ccccc1C(=O)c1ccc2c(c1)OCO2. The predicted octanol–water partition coefficient (Wildman–Crippen LogP) is 2.23. The minimum atomic E-state index is -0.119. The molecule has 0 bridgehead atoms. The third-order valence-corrected chi connectivity index (χ3v) is 2.84. The van der Waals surface area contributed by atoms with Crippen LogP contribution < -0.4 is 15.2 Å². The summed E-state index contributed by atoms with van der Waals surface area (Å²) < 4.78 is 10.5. The minimum absolute atomic E-state index is 0.119. The lowest BCUT2D eigenvalue weighted by molar-refractivity contribution is 0.103. The van der Waals surface area contributed by atoms with Gasteiger partial charge >= 0.3 is 0 Å². The van der Waals surface area contributed by atoms with Gasteiger partial charge in [0.2, 0.25) is 6.79 Å². The highest BCUT2D eigenvalue weighted by atomic mass is 16.7. The van der Waals surface area contributed by atoms with E-state index in [0.29, 0.717) is 28.3 Å². The molecule has 1 heterocycles. The lowest BCUT2D eigenvalue weighted by Gasteiger charge is -2.05. The van der Waals surface area contributed by atoms with E-state index in [4.69, 9.17) is 15.2 Å². The second-order valence-corrected chi connectivity index (χ2v) is 3.98. The fourth-order valence-electron chi connectivity index (χ4n) is 1.90. The van der Waals surface area contributed by atoms with E-state index in [2.05, 4.69) is 0 Å². The molecule has 90 valence electrons. The summed E-state index contributed by atoms with van der Waals surface area (Å²) >= 11 is 0. The average Bonchev–Trinajstić information content (AvgIpc) is 2.85. The molecule has 0 aliphatic carbocycles. The third-order valence-electron chi connectivity index (χ3n) is 2.84. The fraction of sp³-hybridized carbons (Fsp3) is 0.0714. The molecule has 0 amide bonds. The Balaban J connectivity index is 2.01. The fourth-order valence-corrected chi connectivity index (χ4v) is 1.90. The van der Waals surface area contributed by atoms with E-state index >= 15 is 0 Å². The van der Waals surface area contributed by atoms with Gasteiger partial charge in [-0.1, -0.05) is 12.1 Å². The Morgan fingerprint density at radius 1 is 1.06 bits per heavy atom. The molecule has 1 aliphatic heterocycles. The summed E-state index contributed by atoms with van der Waals surface area (Å²) in [6.45, 7) is 0.195. The highest BCUT2D eigenvalue weighted by Crippen LogP contribution is 2.33. The van der Waals surface area contributed by atoms with Gasteiger partial charge in [-0.3, -0.25) is 4.79 Å². The minimum Gasteiger partial charge on any atom is -0.454 e. The molecule has 2 N–H and O–H groups in total. The van der Waals surface area contributed by atoms with Gasteiger partial charge in [0, 0.05) is 16.8 Å². The van der Waals surface area contributed by atoms with Crippen LogP contribution in [-0.2, 0) is 0 Å². The van der Waals surface area contributed by atoms with E-state index in [1.807, 2.05) is 0 Å². The zero-order valence-electron chi connectivity index (χ0n) is 9.55. The first-order chi connectivity index (χ1) is 8.75. The van der Waals surface area contributed by atoms with Crippen LogP contribution in [0.15, 0.2) is 42.5 Å². The Labute approximate surface area is 104 Å². The first-order valence-electron chi connectivity index (χ1n) is 5.54. The lowest BCUT2D eigenvalue weighted by Crippen LogP contribution is -2.04. The van der Waals surface area contributed by atoms with Crippen molar-refractivity contribution in [2.24, 2.45) is 0 Å². The molecule has 18 heavy (non-hydrogen) atoms. The maximum atomic E-state index is 12.3. The Bertz CT molecular complexity index is 622. The molecule has 0 unspecified atom stereocenters. The number of hydrogen-bond donors (Lipinski definition) is 1. The van der Waals surface area contributed by atoms with Crippen molar-refractivity contribution >= 4 is 11.5 Å². The van der Waals surface area contributed by atoms with E-state index < -0.39 is 0 Å². The van der Waals surface area contributed by atoms with E-state index in [1.165, 1.54) is 0 Å². The summed E-state index contributed by atoms with van der Waals surface area (Å²) in [5.74, 6) is 1.13. The van der Waals surface area contributed by atoms with Crippen molar-refractivity contribution < 1.29 is 14.3 Å². The van der Waals surface area contributed by atoms with Crippen molar-refractivity contribution in [3.63, 3.8) is 0 Å². The summed E-state index contributed by atoms with van der Waals surface area (Å²) in [4.78, 5) is 12.3. The van der Waals surface area contributed by atoms with Crippen LogP contribution in [0.3, 0.4) is 0 Å². The molecule has 0 aromatic heterocycles. The van der Waals surface area contributed by atoms with Gasteiger partial charge in [-0.2, -0.15) is 0 Å². The van der Waals surface area contributed by atoms with Gasteiger partial charge in [-0.25, -0.2) is 0 Å². The molecule has 4 nitrogen and oxygen atoms in total. The summed E-state index contributed by atoms with van der Waals surface area (Å²) in [6.07, 6.45) is 0. The van der Waals surface area contributed by atoms with Crippen LogP contribution in [0.25, 0.3) is 0 Å². The number of para-hydroxylation sites is 1. The number of benzene rings is 2. The number of anilines is 1. The standard InChI is InChI=1S/C14H11NO3/c15-11-4-2-1-3-10(11)14(16)9-5-6-12-13(7-9)18-8-17-12/h1-7H,8,15H2. The predicted molar refractivity (Wildman–Crippen MR) is 66.9 cm³/mol. The smallest absolute Gasteiger partial charge is 0.231 e. The highest BCUT2D eigenvalue weighted by molar-refractivity contribution is 6.12. The molecule has 1 aliphatic rings. The Hall–Kier alpha value is -2.49. The Kier molecular flexibility index (Phi) is 2.41. The molecule has 0 radical (unpaired) electrons. The maximum Gasteiger partial charge on any atom is 0.231 e. The number of ketones is 1. The number of ether oxygens (including phenoxy) is 2. The van der Waals surface area contributed by atoms with Gasteiger partial charge < -0.3 is 15.2 Å². The van der Waals surface area contributed by atoms with Gasteiger partial charge in [0.25, 0.3) is 0 Å². The molecule has 2 aromatic rings. The van der Waals surface area contributed by atoms with Crippen LogP contribution in [0.1, 0.15) is 15.9 Å². The number of carbonyl (C=O) groups excluding carboxylic acids is 1. The quantitative estimate of drug-likeness (QED) is 0.647. The van der Waals surface area contributed by atoms with Crippen LogP contribution in [0, 0.1) is 0 Å². The van der Waals surface area contributed by atoms with E-state index in [1.54, 1.807) is 42.5 Å². The molecule has 0 fully saturated rings. The third kappa shape index (κ3) is 1.68. The van der Waals surface area contributed by atoms with Crippen LogP contribution in [0.5, 0.6) is 11.5 Å². The molecule has 0 spiro atoms. The van der Waals surface area contributed by atoms with Crippen molar-refractivity contribution in [2.75, 3.05) is 12.5 Å². The Morgan fingerprint density at radius 3 is 2.67 bits per heavy atom. The van der Waals surface area contributed by atoms with Crippen LogP contribution in [0.2, 0.25) is 0 Å². The van der Waals surface area contributed by atoms with Gasteiger partial charge in [-0.15, -0.1) is 0 Å². The molecule has 2 aromatic carbocycles. The van der Waals surface area contributed by atoms with Crippen LogP contribution in [0.4, 0.5) is 5.69 Å². The van der Waals surface area contributed by atoms with E-state index in [0.717, 1.165) is 0 Å². The number of rotatable bonds is 2. The zero-order valence-corrected chi connectivity index (χ0v) is 9.55.